The van der Waals surface area contributed by atoms with E-state index in [4.69, 9.17) is 10.00 Å². The fraction of sp³-hybridized carbons (Fsp3) is 0.500. The lowest BCUT2D eigenvalue weighted by Crippen LogP contribution is -2.41. The van der Waals surface area contributed by atoms with Gasteiger partial charge in [0.25, 0.3) is 5.69 Å². The smallest absolute Gasteiger partial charge is 0.289 e. The zero-order valence-electron chi connectivity index (χ0n) is 10.7. The highest BCUT2D eigenvalue weighted by molar-refractivity contribution is 5.57. The van der Waals surface area contributed by atoms with E-state index in [-0.39, 0.29) is 22.9 Å². The number of pyridine rings is 1. The van der Waals surface area contributed by atoms with Crippen molar-refractivity contribution in [2.75, 3.05) is 11.9 Å². The molecule has 7 nitrogen and oxygen atoms in total. The molecule has 1 saturated heterocycles. The second-order valence-corrected chi connectivity index (χ2v) is 4.76. The summed E-state index contributed by atoms with van der Waals surface area (Å²) in [6.45, 7) is 4.56. The van der Waals surface area contributed by atoms with Crippen LogP contribution in [0.25, 0.3) is 0 Å². The van der Waals surface area contributed by atoms with Gasteiger partial charge in [-0.15, -0.1) is 0 Å². The molecule has 19 heavy (non-hydrogen) atoms. The van der Waals surface area contributed by atoms with Crippen molar-refractivity contribution in [2.24, 2.45) is 0 Å². The lowest BCUT2D eigenvalue weighted by Gasteiger charge is -2.29. The maximum absolute atomic E-state index is 10.7. The first-order chi connectivity index (χ1) is 8.96. The summed E-state index contributed by atoms with van der Waals surface area (Å²) in [5, 5.41) is 22.9. The van der Waals surface area contributed by atoms with Crippen molar-refractivity contribution >= 4 is 11.5 Å². The van der Waals surface area contributed by atoms with Crippen LogP contribution in [-0.2, 0) is 4.74 Å². The number of nitriles is 1. The number of nitrogens with one attached hydrogen (secondary N) is 1. The first kappa shape index (κ1) is 13.2. The van der Waals surface area contributed by atoms with E-state index in [2.05, 4.69) is 10.3 Å². The molecule has 7 heteroatoms. The van der Waals surface area contributed by atoms with E-state index < -0.39 is 4.92 Å². The van der Waals surface area contributed by atoms with Crippen molar-refractivity contribution in [2.45, 2.75) is 31.9 Å². The Kier molecular flexibility index (Phi) is 3.36. The van der Waals surface area contributed by atoms with E-state index in [0.717, 1.165) is 12.6 Å². The van der Waals surface area contributed by atoms with E-state index in [9.17, 15) is 10.1 Å². The van der Waals surface area contributed by atoms with Gasteiger partial charge in [0.2, 0.25) is 0 Å². The van der Waals surface area contributed by atoms with Crippen molar-refractivity contribution in [1.29, 1.82) is 5.26 Å². The summed E-state index contributed by atoms with van der Waals surface area (Å²) in [5.41, 5.74) is -0.355. The van der Waals surface area contributed by atoms with E-state index in [1.165, 1.54) is 6.07 Å². The van der Waals surface area contributed by atoms with E-state index in [0.29, 0.717) is 12.4 Å². The lowest BCUT2D eigenvalue weighted by molar-refractivity contribution is -0.385. The number of rotatable bonds is 3. The molecule has 0 amide bonds. The Morgan fingerprint density at radius 2 is 2.47 bits per heavy atom. The fourth-order valence-electron chi connectivity index (χ4n) is 2.01. The van der Waals surface area contributed by atoms with Gasteiger partial charge in [0.15, 0.2) is 0 Å². The van der Waals surface area contributed by atoms with Crippen molar-refractivity contribution in [3.8, 4) is 6.07 Å². The monoisotopic (exact) mass is 262 g/mol. The third-order valence-electron chi connectivity index (χ3n) is 3.49. The predicted octanol–water partition coefficient (Wildman–Crippen LogP) is 1.84. The first-order valence-electron chi connectivity index (χ1n) is 5.90. The standard InChI is InChI=1S/C12H14N4O3/c1-8-12(2,3-4-19-8)15-11-9(6-13)5-10(7-14-11)16(17)18/h5,7-8H,3-4H2,1-2H3,(H,14,15). The summed E-state index contributed by atoms with van der Waals surface area (Å²) in [4.78, 5) is 14.1. The molecule has 0 spiro atoms. The molecule has 0 radical (unpaired) electrons. The van der Waals surface area contributed by atoms with Crippen LogP contribution in [0.2, 0.25) is 0 Å². The van der Waals surface area contributed by atoms with Crippen LogP contribution in [0, 0.1) is 21.4 Å². The molecule has 2 atom stereocenters. The maximum atomic E-state index is 10.7. The Morgan fingerprint density at radius 3 is 3.00 bits per heavy atom. The lowest BCUT2D eigenvalue weighted by atomic mass is 9.94. The van der Waals surface area contributed by atoms with Gasteiger partial charge in [0.1, 0.15) is 23.6 Å². The van der Waals surface area contributed by atoms with Crippen LogP contribution in [0.1, 0.15) is 25.8 Å². The van der Waals surface area contributed by atoms with E-state index in [1.807, 2.05) is 19.9 Å². The normalized spacial score (nSPS) is 25.8. The van der Waals surface area contributed by atoms with Crippen LogP contribution in [0.5, 0.6) is 0 Å². The second kappa shape index (κ2) is 4.82. The van der Waals surface area contributed by atoms with Crippen LogP contribution < -0.4 is 5.32 Å². The molecule has 1 aromatic rings. The van der Waals surface area contributed by atoms with Gasteiger partial charge in [-0.2, -0.15) is 5.26 Å². The van der Waals surface area contributed by atoms with Crippen LogP contribution in [0.15, 0.2) is 12.3 Å². The predicted molar refractivity (Wildman–Crippen MR) is 67.7 cm³/mol. The summed E-state index contributed by atoms with van der Waals surface area (Å²) in [6.07, 6.45) is 1.92. The van der Waals surface area contributed by atoms with Crippen LogP contribution in [0.4, 0.5) is 11.5 Å². The zero-order valence-corrected chi connectivity index (χ0v) is 10.7. The Balaban J connectivity index is 2.31. The average molecular weight is 262 g/mol. The van der Waals surface area contributed by atoms with Gasteiger partial charge in [0.05, 0.1) is 16.6 Å². The van der Waals surface area contributed by atoms with Crippen LogP contribution in [-0.4, -0.2) is 28.2 Å². The maximum Gasteiger partial charge on any atom is 0.289 e. The largest absolute Gasteiger partial charge is 0.376 e. The van der Waals surface area contributed by atoms with E-state index >= 15 is 0 Å². The number of hydrogen-bond acceptors (Lipinski definition) is 6. The number of aromatic nitrogens is 1. The topological polar surface area (TPSA) is 101 Å². The molecule has 1 N–H and O–H groups in total. The van der Waals surface area contributed by atoms with E-state index in [1.54, 1.807) is 0 Å². The van der Waals surface area contributed by atoms with Crippen LogP contribution in [0.3, 0.4) is 0 Å². The fourth-order valence-corrected chi connectivity index (χ4v) is 2.01. The highest BCUT2D eigenvalue weighted by Gasteiger charge is 2.37. The summed E-state index contributed by atoms with van der Waals surface area (Å²) in [7, 11) is 0. The van der Waals surface area contributed by atoms with Crippen molar-refractivity contribution in [1.82, 2.24) is 4.98 Å². The highest BCUT2D eigenvalue weighted by Crippen LogP contribution is 2.30. The molecule has 1 fully saturated rings. The first-order valence-corrected chi connectivity index (χ1v) is 5.90. The molecule has 0 aromatic carbocycles. The van der Waals surface area contributed by atoms with Gasteiger partial charge in [-0.05, 0) is 20.3 Å². The molecule has 2 rings (SSSR count). The summed E-state index contributed by atoms with van der Waals surface area (Å²) in [6, 6.07) is 3.15. The molecule has 1 aromatic heterocycles. The minimum atomic E-state index is -0.569. The van der Waals surface area contributed by atoms with Gasteiger partial charge in [0, 0.05) is 12.7 Å². The Bertz CT molecular complexity index is 554. The molecular weight excluding hydrogens is 248 g/mol. The molecule has 1 aliphatic heterocycles. The Hall–Kier alpha value is -2.20. The summed E-state index contributed by atoms with van der Waals surface area (Å²) < 4.78 is 5.49. The van der Waals surface area contributed by atoms with Gasteiger partial charge >= 0.3 is 0 Å². The van der Waals surface area contributed by atoms with Crippen LogP contribution >= 0.6 is 0 Å². The molecule has 1 aliphatic rings. The quantitative estimate of drug-likeness (QED) is 0.658. The SMILES string of the molecule is CC1OCCC1(C)Nc1ncc([N+](=O)[O-])cc1C#N. The van der Waals surface area contributed by atoms with Crippen molar-refractivity contribution < 1.29 is 9.66 Å². The van der Waals surface area contributed by atoms with Gasteiger partial charge in [-0.3, -0.25) is 10.1 Å². The molecule has 2 unspecified atom stereocenters. The number of hydrogen-bond donors (Lipinski definition) is 1. The second-order valence-electron chi connectivity index (χ2n) is 4.76. The molecular formula is C12H14N4O3. The number of ether oxygens (including phenoxy) is 1. The third-order valence-corrected chi connectivity index (χ3v) is 3.49. The van der Waals surface area contributed by atoms with Crippen molar-refractivity contribution in [3.05, 3.63) is 27.9 Å². The van der Waals surface area contributed by atoms with Gasteiger partial charge < -0.3 is 10.1 Å². The molecule has 2 heterocycles. The summed E-state index contributed by atoms with van der Waals surface area (Å²) >= 11 is 0. The minimum absolute atomic E-state index is 0.0176. The average Bonchev–Trinajstić information content (AvgIpc) is 2.69. The molecule has 100 valence electrons. The number of anilines is 1. The Morgan fingerprint density at radius 1 is 1.74 bits per heavy atom. The highest BCUT2D eigenvalue weighted by atomic mass is 16.6. The Labute approximate surface area is 110 Å². The number of nitrogens with zero attached hydrogens (tertiary/aromatic N) is 3. The molecule has 0 aliphatic carbocycles. The van der Waals surface area contributed by atoms with Crippen molar-refractivity contribution in [3.63, 3.8) is 0 Å². The third kappa shape index (κ3) is 2.48. The van der Waals surface area contributed by atoms with Gasteiger partial charge in [-0.25, -0.2) is 4.98 Å². The van der Waals surface area contributed by atoms with Gasteiger partial charge in [-0.1, -0.05) is 0 Å². The zero-order chi connectivity index (χ0) is 14.0. The molecule has 0 bridgehead atoms. The minimum Gasteiger partial charge on any atom is -0.376 e. The number of nitro groups is 1. The summed E-state index contributed by atoms with van der Waals surface area (Å²) in [5.74, 6) is 0.355. The molecule has 0 saturated carbocycles.